The zero-order valence-corrected chi connectivity index (χ0v) is 32.7. The fraction of sp³-hybridized carbons (Fsp3) is 0. The zero-order chi connectivity index (χ0) is 40.0. The summed E-state index contributed by atoms with van der Waals surface area (Å²) in [6.45, 7) is 0. The van der Waals surface area contributed by atoms with E-state index in [2.05, 4.69) is 162 Å². The van der Waals surface area contributed by atoms with Crippen molar-refractivity contribution >= 4 is 76.6 Å². The van der Waals surface area contributed by atoms with Gasteiger partial charge in [-0.3, -0.25) is 0 Å². The van der Waals surface area contributed by atoms with Crippen LogP contribution in [0.3, 0.4) is 0 Å². The number of para-hydroxylation sites is 1. The van der Waals surface area contributed by atoms with E-state index in [-0.39, 0.29) is 0 Å². The molecule has 0 saturated heterocycles. The van der Waals surface area contributed by atoms with E-state index in [0.717, 1.165) is 94.1 Å². The third kappa shape index (κ3) is 5.14. The van der Waals surface area contributed by atoms with Crippen molar-refractivity contribution in [1.29, 1.82) is 0 Å². The summed E-state index contributed by atoms with van der Waals surface area (Å²) in [6.07, 6.45) is 0. The van der Waals surface area contributed by atoms with Crippen molar-refractivity contribution in [2.75, 3.05) is 0 Å². The van der Waals surface area contributed by atoms with Crippen LogP contribution < -0.4 is 0 Å². The van der Waals surface area contributed by atoms with Crippen LogP contribution in [0.2, 0.25) is 0 Å². The highest BCUT2D eigenvalue weighted by Crippen LogP contribution is 2.46. The molecule has 5 nitrogen and oxygen atoms in total. The summed E-state index contributed by atoms with van der Waals surface area (Å²) >= 11 is 0. The Hall–Kier alpha value is -8.28. The van der Waals surface area contributed by atoms with Crippen LogP contribution in [0.5, 0.6) is 0 Å². The maximum absolute atomic E-state index is 7.21. The molecule has 0 N–H and O–H groups in total. The molecule has 13 aromatic rings. The average molecular weight is 780 g/mol. The topological polar surface area (TPSA) is 57.0 Å². The van der Waals surface area contributed by atoms with E-state index >= 15 is 0 Å². The highest BCUT2D eigenvalue weighted by Gasteiger charge is 2.26. The molecule has 0 aliphatic rings. The van der Waals surface area contributed by atoms with E-state index in [9.17, 15) is 0 Å². The zero-order valence-electron chi connectivity index (χ0n) is 32.7. The van der Waals surface area contributed by atoms with Gasteiger partial charge < -0.3 is 13.4 Å². The van der Waals surface area contributed by atoms with E-state index in [0.29, 0.717) is 11.5 Å². The SMILES string of the molecule is c1ccc(-c2ccc3c(c2)oc2nc(-c4ccccc4)nc(-c4ccc(-n5c6ccccc6c6ccc7ccccc7c65)c5c4oc4cc(-c6ccccc6)ccc45)c23)cc1. The summed E-state index contributed by atoms with van der Waals surface area (Å²) in [6, 6.07) is 70.2. The minimum atomic E-state index is 0.526. The molecule has 0 fully saturated rings. The number of nitrogens with zero attached hydrogens (tertiary/aromatic N) is 3. The van der Waals surface area contributed by atoms with Gasteiger partial charge in [0, 0.05) is 38.1 Å². The minimum Gasteiger partial charge on any atom is -0.455 e. The maximum Gasteiger partial charge on any atom is 0.231 e. The summed E-state index contributed by atoms with van der Waals surface area (Å²) in [5.74, 6) is 0.582. The van der Waals surface area contributed by atoms with Gasteiger partial charge in [0.1, 0.15) is 16.7 Å². The van der Waals surface area contributed by atoms with Crippen LogP contribution in [0.1, 0.15) is 0 Å². The van der Waals surface area contributed by atoms with Crippen molar-refractivity contribution in [1.82, 2.24) is 14.5 Å². The van der Waals surface area contributed by atoms with Gasteiger partial charge in [-0.25, -0.2) is 4.98 Å². The molecule has 61 heavy (non-hydrogen) atoms. The second kappa shape index (κ2) is 13.1. The molecule has 0 spiro atoms. The molecule has 0 radical (unpaired) electrons. The highest BCUT2D eigenvalue weighted by atomic mass is 16.3. The van der Waals surface area contributed by atoms with Crippen molar-refractivity contribution in [3.05, 3.63) is 200 Å². The second-order valence-electron chi connectivity index (χ2n) is 15.7. The van der Waals surface area contributed by atoms with E-state index < -0.39 is 0 Å². The third-order valence-electron chi connectivity index (χ3n) is 12.2. The molecule has 4 aromatic heterocycles. The van der Waals surface area contributed by atoms with Crippen molar-refractivity contribution in [2.24, 2.45) is 0 Å². The summed E-state index contributed by atoms with van der Waals surface area (Å²) in [7, 11) is 0. The van der Waals surface area contributed by atoms with Gasteiger partial charge in [0.25, 0.3) is 0 Å². The van der Waals surface area contributed by atoms with Gasteiger partial charge >= 0.3 is 0 Å². The van der Waals surface area contributed by atoms with Gasteiger partial charge in [-0.1, -0.05) is 158 Å². The monoisotopic (exact) mass is 779 g/mol. The fourth-order valence-electron chi connectivity index (χ4n) is 9.42. The van der Waals surface area contributed by atoms with Gasteiger partial charge in [-0.05, 0) is 70.1 Å². The Morgan fingerprint density at radius 1 is 0.393 bits per heavy atom. The lowest BCUT2D eigenvalue weighted by Gasteiger charge is -2.14. The normalized spacial score (nSPS) is 11.9. The molecular formula is C56H33N3O2. The number of furan rings is 2. The number of hydrogen-bond acceptors (Lipinski definition) is 4. The van der Waals surface area contributed by atoms with E-state index in [1.807, 2.05) is 42.5 Å². The average Bonchev–Trinajstić information content (AvgIpc) is 4.01. The van der Waals surface area contributed by atoms with Crippen LogP contribution in [0.4, 0.5) is 0 Å². The maximum atomic E-state index is 7.21. The molecule has 0 amide bonds. The Balaban J connectivity index is 1.16. The van der Waals surface area contributed by atoms with Gasteiger partial charge in [0.15, 0.2) is 5.82 Å². The van der Waals surface area contributed by atoms with E-state index in [1.165, 1.54) is 21.5 Å². The Morgan fingerprint density at radius 3 is 1.70 bits per heavy atom. The second-order valence-corrected chi connectivity index (χ2v) is 15.7. The smallest absolute Gasteiger partial charge is 0.231 e. The number of benzene rings is 9. The quantitative estimate of drug-likeness (QED) is 0.175. The predicted molar refractivity (Wildman–Crippen MR) is 250 cm³/mol. The van der Waals surface area contributed by atoms with Crippen LogP contribution >= 0.6 is 0 Å². The van der Waals surface area contributed by atoms with Crippen molar-refractivity contribution in [2.45, 2.75) is 0 Å². The van der Waals surface area contributed by atoms with Crippen molar-refractivity contribution in [3.8, 4) is 50.6 Å². The molecule has 0 aliphatic carbocycles. The lowest BCUT2D eigenvalue weighted by molar-refractivity contribution is 0.653. The Bertz CT molecular complexity index is 3860. The lowest BCUT2D eigenvalue weighted by atomic mass is 9.99. The Kier molecular flexibility index (Phi) is 7.24. The van der Waals surface area contributed by atoms with Crippen LogP contribution in [0.15, 0.2) is 209 Å². The number of hydrogen-bond donors (Lipinski definition) is 0. The van der Waals surface area contributed by atoms with Gasteiger partial charge in [-0.2, -0.15) is 4.98 Å². The Labute approximate surface area is 349 Å². The number of aromatic nitrogens is 3. The molecule has 284 valence electrons. The summed E-state index contributed by atoms with van der Waals surface area (Å²) < 4.78 is 16.3. The van der Waals surface area contributed by atoms with Crippen molar-refractivity contribution in [3.63, 3.8) is 0 Å². The molecule has 0 aliphatic heterocycles. The first-order valence-electron chi connectivity index (χ1n) is 20.6. The lowest BCUT2D eigenvalue weighted by Crippen LogP contribution is -1.98. The predicted octanol–water partition coefficient (Wildman–Crippen LogP) is 15.2. The molecule has 9 aromatic carbocycles. The molecule has 5 heteroatoms. The number of rotatable bonds is 5. The first kappa shape index (κ1) is 33.7. The molecule has 0 atom stereocenters. The largest absolute Gasteiger partial charge is 0.455 e. The first-order valence-corrected chi connectivity index (χ1v) is 20.6. The molecule has 13 rings (SSSR count). The fourth-order valence-corrected chi connectivity index (χ4v) is 9.42. The van der Waals surface area contributed by atoms with Gasteiger partial charge in [0.2, 0.25) is 5.71 Å². The van der Waals surface area contributed by atoms with E-state index in [4.69, 9.17) is 18.8 Å². The molecule has 0 unspecified atom stereocenters. The van der Waals surface area contributed by atoms with Crippen LogP contribution in [0.25, 0.3) is 127 Å². The van der Waals surface area contributed by atoms with Crippen LogP contribution in [0, 0.1) is 0 Å². The van der Waals surface area contributed by atoms with Crippen molar-refractivity contribution < 1.29 is 8.83 Å². The van der Waals surface area contributed by atoms with Gasteiger partial charge in [-0.15, -0.1) is 0 Å². The molecular weight excluding hydrogens is 747 g/mol. The number of fused-ring (bicyclic) bond motifs is 11. The van der Waals surface area contributed by atoms with Crippen LogP contribution in [-0.2, 0) is 0 Å². The highest BCUT2D eigenvalue weighted by molar-refractivity contribution is 6.22. The molecule has 0 saturated carbocycles. The first-order chi connectivity index (χ1) is 30.2. The summed E-state index contributed by atoms with van der Waals surface area (Å²) in [5, 5.41) is 8.60. The Morgan fingerprint density at radius 2 is 0.984 bits per heavy atom. The summed E-state index contributed by atoms with van der Waals surface area (Å²) in [5.41, 5.74) is 13.1. The third-order valence-corrected chi connectivity index (χ3v) is 12.2. The minimum absolute atomic E-state index is 0.526. The van der Waals surface area contributed by atoms with Crippen LogP contribution in [-0.4, -0.2) is 14.5 Å². The molecule has 4 heterocycles. The summed E-state index contributed by atoms with van der Waals surface area (Å²) in [4.78, 5) is 10.5. The van der Waals surface area contributed by atoms with Gasteiger partial charge in [0.05, 0.1) is 33.2 Å². The molecule has 0 bridgehead atoms. The van der Waals surface area contributed by atoms with E-state index in [1.54, 1.807) is 0 Å². The standard InChI is InChI=1S/C56H33N3O2/c1-4-14-34(15-5-1)38-25-28-43-48(32-38)60-54-45(30-31-47(50(43)54)59-46-23-13-12-22-41(46)42-27-24-36-18-10-11-21-40(36)53(42)59)52-51-44-29-26-39(35-16-6-2-7-17-35)33-49(44)61-56(51)58-55(57-52)37-19-8-3-9-20-37/h1-33H.